The Morgan fingerprint density at radius 3 is 2.80 bits per heavy atom. The predicted octanol–water partition coefficient (Wildman–Crippen LogP) is 3.56. The van der Waals surface area contributed by atoms with Crippen LogP contribution in [0.4, 0.5) is 5.82 Å². The fourth-order valence-corrected chi connectivity index (χ4v) is 2.48. The Kier molecular flexibility index (Phi) is 5.39. The Hall–Kier alpha value is -0.290. The number of nitrogens with zero attached hydrogens (tertiary/aromatic N) is 2. The van der Waals surface area contributed by atoms with Gasteiger partial charge in [0.2, 0.25) is 0 Å². The molecule has 0 aliphatic carbocycles. The first kappa shape index (κ1) is 12.8. The van der Waals surface area contributed by atoms with Crippen LogP contribution in [-0.4, -0.2) is 21.8 Å². The standard InChI is InChI=1S/C10H16BrN3S/c1-4-7(3)15-10-8(11)9(12-5-2)13-6-14-10/h6-7H,4-5H2,1-3H3,(H,12,13,14). The Morgan fingerprint density at radius 2 is 2.20 bits per heavy atom. The van der Waals surface area contributed by atoms with Crippen molar-refractivity contribution in [3.63, 3.8) is 0 Å². The molecule has 0 fully saturated rings. The summed E-state index contributed by atoms with van der Waals surface area (Å²) in [4.78, 5) is 8.45. The van der Waals surface area contributed by atoms with Crippen LogP contribution in [0, 0.1) is 0 Å². The van der Waals surface area contributed by atoms with E-state index in [0.29, 0.717) is 5.25 Å². The number of halogens is 1. The lowest BCUT2D eigenvalue weighted by molar-refractivity contribution is 0.896. The smallest absolute Gasteiger partial charge is 0.144 e. The molecular weight excluding hydrogens is 274 g/mol. The van der Waals surface area contributed by atoms with Crippen molar-refractivity contribution in [1.29, 1.82) is 0 Å². The molecule has 1 heterocycles. The van der Waals surface area contributed by atoms with Crippen molar-refractivity contribution in [2.75, 3.05) is 11.9 Å². The molecular formula is C10H16BrN3S. The summed E-state index contributed by atoms with van der Waals surface area (Å²) in [7, 11) is 0. The molecule has 0 saturated carbocycles. The summed E-state index contributed by atoms with van der Waals surface area (Å²) in [6, 6.07) is 0. The monoisotopic (exact) mass is 289 g/mol. The molecule has 0 bridgehead atoms. The maximum Gasteiger partial charge on any atom is 0.144 e. The second-order valence-electron chi connectivity index (χ2n) is 3.21. The molecule has 5 heteroatoms. The first-order chi connectivity index (χ1) is 7.19. The highest BCUT2D eigenvalue weighted by Crippen LogP contribution is 2.33. The Balaban J connectivity index is 2.84. The van der Waals surface area contributed by atoms with Crippen molar-refractivity contribution in [3.05, 3.63) is 10.8 Å². The zero-order valence-corrected chi connectivity index (χ0v) is 11.7. The van der Waals surface area contributed by atoms with Crippen LogP contribution in [0.3, 0.4) is 0 Å². The van der Waals surface area contributed by atoms with Crippen LogP contribution in [0.1, 0.15) is 27.2 Å². The number of nitrogens with one attached hydrogen (secondary N) is 1. The van der Waals surface area contributed by atoms with E-state index in [1.54, 1.807) is 18.1 Å². The van der Waals surface area contributed by atoms with Crippen molar-refractivity contribution in [2.24, 2.45) is 0 Å². The van der Waals surface area contributed by atoms with Gasteiger partial charge in [-0.15, -0.1) is 11.8 Å². The van der Waals surface area contributed by atoms with Gasteiger partial charge in [-0.05, 0) is 29.3 Å². The van der Waals surface area contributed by atoms with Gasteiger partial charge in [-0.3, -0.25) is 0 Å². The maximum atomic E-state index is 4.27. The maximum absolute atomic E-state index is 4.27. The number of anilines is 1. The summed E-state index contributed by atoms with van der Waals surface area (Å²) < 4.78 is 0.970. The number of rotatable bonds is 5. The average Bonchev–Trinajstić information content (AvgIpc) is 2.24. The summed E-state index contributed by atoms with van der Waals surface area (Å²) in [5, 5.41) is 4.78. The van der Waals surface area contributed by atoms with Gasteiger partial charge in [0.05, 0.1) is 4.47 Å². The van der Waals surface area contributed by atoms with E-state index in [2.05, 4.69) is 52.0 Å². The molecule has 1 unspecified atom stereocenters. The minimum Gasteiger partial charge on any atom is -0.369 e. The molecule has 3 nitrogen and oxygen atoms in total. The Bertz CT molecular complexity index is 320. The second-order valence-corrected chi connectivity index (χ2v) is 5.43. The number of hydrogen-bond acceptors (Lipinski definition) is 4. The molecule has 0 radical (unpaired) electrons. The summed E-state index contributed by atoms with van der Waals surface area (Å²) in [5.41, 5.74) is 0. The quantitative estimate of drug-likeness (QED) is 0.664. The van der Waals surface area contributed by atoms with Gasteiger partial charge in [-0.25, -0.2) is 9.97 Å². The number of aromatic nitrogens is 2. The van der Waals surface area contributed by atoms with Crippen molar-refractivity contribution in [3.8, 4) is 0 Å². The average molecular weight is 290 g/mol. The fourth-order valence-electron chi connectivity index (χ4n) is 1.00. The summed E-state index contributed by atoms with van der Waals surface area (Å²) in [6.45, 7) is 7.29. The van der Waals surface area contributed by atoms with E-state index >= 15 is 0 Å². The fraction of sp³-hybridized carbons (Fsp3) is 0.600. The van der Waals surface area contributed by atoms with Crippen LogP contribution in [0.2, 0.25) is 0 Å². The van der Waals surface area contributed by atoms with Gasteiger partial charge >= 0.3 is 0 Å². The molecule has 1 aromatic heterocycles. The lowest BCUT2D eigenvalue weighted by Crippen LogP contribution is -2.03. The van der Waals surface area contributed by atoms with E-state index < -0.39 is 0 Å². The molecule has 1 N–H and O–H groups in total. The molecule has 0 saturated heterocycles. The normalized spacial score (nSPS) is 12.5. The summed E-state index contributed by atoms with van der Waals surface area (Å²) in [5.74, 6) is 0.873. The van der Waals surface area contributed by atoms with Gasteiger partial charge in [0, 0.05) is 11.8 Å². The Labute approximate surface area is 104 Å². The van der Waals surface area contributed by atoms with Crippen LogP contribution in [0.25, 0.3) is 0 Å². The van der Waals surface area contributed by atoms with Gasteiger partial charge in [-0.2, -0.15) is 0 Å². The summed E-state index contributed by atoms with van der Waals surface area (Å²) in [6.07, 6.45) is 2.74. The molecule has 0 aromatic carbocycles. The van der Waals surface area contributed by atoms with Crippen molar-refractivity contribution >= 4 is 33.5 Å². The lowest BCUT2D eigenvalue weighted by atomic mass is 10.4. The second kappa shape index (κ2) is 6.33. The SMILES string of the molecule is CCNc1ncnc(SC(C)CC)c1Br. The van der Waals surface area contributed by atoms with Crippen LogP contribution in [0.5, 0.6) is 0 Å². The molecule has 0 amide bonds. The first-order valence-corrected chi connectivity index (χ1v) is 6.77. The molecule has 0 aliphatic rings. The third-order valence-electron chi connectivity index (χ3n) is 1.99. The third kappa shape index (κ3) is 3.65. The van der Waals surface area contributed by atoms with Crippen LogP contribution < -0.4 is 5.32 Å². The van der Waals surface area contributed by atoms with Crippen LogP contribution >= 0.6 is 27.7 Å². The van der Waals surface area contributed by atoms with E-state index in [1.165, 1.54) is 0 Å². The van der Waals surface area contributed by atoms with Gasteiger partial charge < -0.3 is 5.32 Å². The minimum absolute atomic E-state index is 0.575. The van der Waals surface area contributed by atoms with Crippen LogP contribution in [-0.2, 0) is 0 Å². The lowest BCUT2D eigenvalue weighted by Gasteiger charge is -2.11. The van der Waals surface area contributed by atoms with E-state index in [0.717, 1.165) is 28.3 Å². The molecule has 0 aliphatic heterocycles. The molecule has 84 valence electrons. The third-order valence-corrected chi connectivity index (χ3v) is 4.27. The number of thioether (sulfide) groups is 1. The highest BCUT2D eigenvalue weighted by atomic mass is 79.9. The molecule has 1 rings (SSSR count). The molecule has 1 aromatic rings. The molecule has 15 heavy (non-hydrogen) atoms. The van der Waals surface area contributed by atoms with Gasteiger partial charge in [0.25, 0.3) is 0 Å². The predicted molar refractivity (Wildman–Crippen MR) is 69.5 cm³/mol. The largest absolute Gasteiger partial charge is 0.369 e. The van der Waals surface area contributed by atoms with Crippen molar-refractivity contribution < 1.29 is 0 Å². The van der Waals surface area contributed by atoms with E-state index in [4.69, 9.17) is 0 Å². The minimum atomic E-state index is 0.575. The first-order valence-electron chi connectivity index (χ1n) is 5.10. The number of hydrogen-bond donors (Lipinski definition) is 1. The van der Waals surface area contributed by atoms with Crippen molar-refractivity contribution in [1.82, 2.24) is 9.97 Å². The van der Waals surface area contributed by atoms with Gasteiger partial charge in [-0.1, -0.05) is 13.8 Å². The highest BCUT2D eigenvalue weighted by molar-refractivity contribution is 9.10. The summed E-state index contributed by atoms with van der Waals surface area (Å²) >= 11 is 5.30. The van der Waals surface area contributed by atoms with Crippen LogP contribution in [0.15, 0.2) is 15.8 Å². The van der Waals surface area contributed by atoms with E-state index in [9.17, 15) is 0 Å². The van der Waals surface area contributed by atoms with Gasteiger partial charge in [0.1, 0.15) is 17.2 Å². The zero-order valence-electron chi connectivity index (χ0n) is 9.25. The van der Waals surface area contributed by atoms with E-state index in [1.807, 2.05) is 0 Å². The zero-order chi connectivity index (χ0) is 11.3. The van der Waals surface area contributed by atoms with E-state index in [-0.39, 0.29) is 0 Å². The Morgan fingerprint density at radius 1 is 1.47 bits per heavy atom. The van der Waals surface area contributed by atoms with Crippen molar-refractivity contribution in [2.45, 2.75) is 37.5 Å². The topological polar surface area (TPSA) is 37.8 Å². The molecule has 1 atom stereocenters. The highest BCUT2D eigenvalue weighted by Gasteiger charge is 2.11. The molecule has 0 spiro atoms. The van der Waals surface area contributed by atoms with Gasteiger partial charge in [0.15, 0.2) is 0 Å².